The summed E-state index contributed by atoms with van der Waals surface area (Å²) in [7, 11) is 0. The minimum absolute atomic E-state index is 0.0785. The molecule has 0 fully saturated rings. The molecule has 2 aromatic carbocycles. The lowest BCUT2D eigenvalue weighted by Crippen LogP contribution is -2.03. The highest BCUT2D eigenvalue weighted by atomic mass is 19.3. The first-order valence-electron chi connectivity index (χ1n) is 5.08. The van der Waals surface area contributed by atoms with Gasteiger partial charge in [0.05, 0.1) is 0 Å². The van der Waals surface area contributed by atoms with Gasteiger partial charge in [0, 0.05) is 11.1 Å². The largest absolute Gasteiger partial charge is 0.434 e. The monoisotopic (exact) mass is 256 g/mol. The lowest BCUT2D eigenvalue weighted by molar-refractivity contribution is -0.0494. The van der Waals surface area contributed by atoms with Crippen LogP contribution in [0.1, 0.15) is 0 Å². The van der Waals surface area contributed by atoms with E-state index in [4.69, 9.17) is 0 Å². The third kappa shape index (κ3) is 2.45. The maximum atomic E-state index is 13.6. The summed E-state index contributed by atoms with van der Waals surface area (Å²) in [5.41, 5.74) is -0.0407. The second-order valence-electron chi connectivity index (χ2n) is 3.48. The normalized spacial score (nSPS) is 10.7. The molecule has 0 radical (unpaired) electrons. The molecule has 0 aliphatic heterocycles. The standard InChI is InChI=1S/C13H8F4O/c14-10-6-3-5-9(12(10)15)8-4-1-2-7-11(8)18-13(16)17/h1-7,13H. The van der Waals surface area contributed by atoms with Gasteiger partial charge < -0.3 is 4.74 Å². The van der Waals surface area contributed by atoms with Crippen LogP contribution >= 0.6 is 0 Å². The lowest BCUT2D eigenvalue weighted by atomic mass is 10.0. The second kappa shape index (κ2) is 5.08. The van der Waals surface area contributed by atoms with Crippen molar-refractivity contribution in [3.8, 4) is 16.9 Å². The maximum Gasteiger partial charge on any atom is 0.387 e. The van der Waals surface area contributed by atoms with Gasteiger partial charge in [-0.1, -0.05) is 30.3 Å². The topological polar surface area (TPSA) is 9.23 Å². The van der Waals surface area contributed by atoms with E-state index in [1.54, 1.807) is 0 Å². The number of hydrogen-bond acceptors (Lipinski definition) is 1. The van der Waals surface area contributed by atoms with Crippen molar-refractivity contribution in [3.63, 3.8) is 0 Å². The van der Waals surface area contributed by atoms with Gasteiger partial charge in [-0.15, -0.1) is 0 Å². The van der Waals surface area contributed by atoms with E-state index in [0.29, 0.717) is 0 Å². The summed E-state index contributed by atoms with van der Waals surface area (Å²) in [5.74, 6) is -2.33. The summed E-state index contributed by atoms with van der Waals surface area (Å²) in [6.45, 7) is -3.03. The third-order valence-corrected chi connectivity index (χ3v) is 2.34. The highest BCUT2D eigenvalue weighted by Gasteiger charge is 2.15. The number of halogens is 4. The van der Waals surface area contributed by atoms with Gasteiger partial charge in [-0.3, -0.25) is 0 Å². The summed E-state index contributed by atoms with van der Waals surface area (Å²) < 4.78 is 55.4. The van der Waals surface area contributed by atoms with Crippen LogP contribution in [0.2, 0.25) is 0 Å². The van der Waals surface area contributed by atoms with E-state index < -0.39 is 18.2 Å². The lowest BCUT2D eigenvalue weighted by Gasteiger charge is -2.11. The predicted octanol–water partition coefficient (Wildman–Crippen LogP) is 4.23. The van der Waals surface area contributed by atoms with E-state index in [1.165, 1.54) is 36.4 Å². The molecule has 0 saturated heterocycles. The molecule has 0 atom stereocenters. The van der Waals surface area contributed by atoms with Crippen LogP contribution in [0.25, 0.3) is 11.1 Å². The first-order chi connectivity index (χ1) is 8.59. The van der Waals surface area contributed by atoms with Gasteiger partial charge in [0.15, 0.2) is 11.6 Å². The van der Waals surface area contributed by atoms with E-state index >= 15 is 0 Å². The van der Waals surface area contributed by atoms with Crippen molar-refractivity contribution in [2.24, 2.45) is 0 Å². The van der Waals surface area contributed by atoms with Crippen LogP contribution in [0.3, 0.4) is 0 Å². The van der Waals surface area contributed by atoms with Crippen LogP contribution in [0.4, 0.5) is 17.6 Å². The molecule has 94 valence electrons. The molecule has 0 amide bonds. The van der Waals surface area contributed by atoms with Crippen LogP contribution in [-0.2, 0) is 0 Å². The molecular formula is C13H8F4O. The van der Waals surface area contributed by atoms with E-state index in [9.17, 15) is 17.6 Å². The number of ether oxygens (including phenoxy) is 1. The minimum atomic E-state index is -3.03. The SMILES string of the molecule is Fc1cccc(-c2ccccc2OC(F)F)c1F. The Balaban J connectivity index is 2.53. The van der Waals surface area contributed by atoms with Gasteiger partial charge in [0.1, 0.15) is 5.75 Å². The molecule has 0 bridgehead atoms. The summed E-state index contributed by atoms with van der Waals surface area (Å²) in [4.78, 5) is 0. The predicted molar refractivity (Wildman–Crippen MR) is 58.4 cm³/mol. The zero-order valence-electron chi connectivity index (χ0n) is 9.04. The van der Waals surface area contributed by atoms with Crippen LogP contribution in [-0.4, -0.2) is 6.61 Å². The smallest absolute Gasteiger partial charge is 0.387 e. The Bertz CT molecular complexity index is 554. The van der Waals surface area contributed by atoms with Gasteiger partial charge >= 0.3 is 6.61 Å². The first-order valence-corrected chi connectivity index (χ1v) is 5.08. The quantitative estimate of drug-likeness (QED) is 0.746. The molecule has 0 aliphatic carbocycles. The van der Waals surface area contributed by atoms with Crippen molar-refractivity contribution in [1.29, 1.82) is 0 Å². The molecule has 5 heteroatoms. The molecule has 2 rings (SSSR count). The summed E-state index contributed by atoms with van der Waals surface area (Å²) in [6, 6.07) is 9.20. The van der Waals surface area contributed by atoms with Gasteiger partial charge in [-0.25, -0.2) is 8.78 Å². The zero-order chi connectivity index (χ0) is 13.1. The van der Waals surface area contributed by atoms with Gasteiger partial charge in [-0.2, -0.15) is 8.78 Å². The average molecular weight is 256 g/mol. The highest BCUT2D eigenvalue weighted by molar-refractivity contribution is 5.70. The Kier molecular flexibility index (Phi) is 3.50. The summed E-state index contributed by atoms with van der Waals surface area (Å²) in [5, 5.41) is 0. The van der Waals surface area contributed by atoms with Crippen LogP contribution in [0.5, 0.6) is 5.75 Å². The molecular weight excluding hydrogens is 248 g/mol. The van der Waals surface area contributed by atoms with E-state index in [-0.39, 0.29) is 16.9 Å². The van der Waals surface area contributed by atoms with E-state index in [2.05, 4.69) is 4.74 Å². The number of rotatable bonds is 3. The minimum Gasteiger partial charge on any atom is -0.434 e. The number of para-hydroxylation sites is 1. The molecule has 0 aromatic heterocycles. The van der Waals surface area contributed by atoms with Crippen molar-refractivity contribution in [3.05, 3.63) is 54.1 Å². The summed E-state index contributed by atoms with van der Waals surface area (Å²) in [6.07, 6.45) is 0. The fourth-order valence-corrected chi connectivity index (χ4v) is 1.60. The van der Waals surface area contributed by atoms with Crippen LogP contribution < -0.4 is 4.74 Å². The van der Waals surface area contributed by atoms with Gasteiger partial charge in [0.25, 0.3) is 0 Å². The van der Waals surface area contributed by atoms with Crippen molar-refractivity contribution >= 4 is 0 Å². The van der Waals surface area contributed by atoms with Crippen molar-refractivity contribution in [2.75, 3.05) is 0 Å². The second-order valence-corrected chi connectivity index (χ2v) is 3.48. The average Bonchev–Trinajstić information content (AvgIpc) is 2.33. The van der Waals surface area contributed by atoms with Crippen LogP contribution in [0, 0.1) is 11.6 Å². The fraction of sp³-hybridized carbons (Fsp3) is 0.0769. The van der Waals surface area contributed by atoms with Crippen LogP contribution in [0.15, 0.2) is 42.5 Å². The Hall–Kier alpha value is -2.04. The molecule has 0 saturated carbocycles. The van der Waals surface area contributed by atoms with Crippen molar-refractivity contribution < 1.29 is 22.3 Å². The Labute approximate surface area is 101 Å². The molecule has 1 nitrogen and oxygen atoms in total. The Morgan fingerprint density at radius 2 is 1.50 bits per heavy atom. The molecule has 2 aromatic rings. The first kappa shape index (κ1) is 12.4. The van der Waals surface area contributed by atoms with Crippen molar-refractivity contribution in [2.45, 2.75) is 6.61 Å². The van der Waals surface area contributed by atoms with Gasteiger partial charge in [0.2, 0.25) is 0 Å². The Morgan fingerprint density at radius 1 is 0.833 bits per heavy atom. The molecule has 18 heavy (non-hydrogen) atoms. The maximum absolute atomic E-state index is 13.6. The number of hydrogen-bond donors (Lipinski definition) is 0. The summed E-state index contributed by atoms with van der Waals surface area (Å²) >= 11 is 0. The number of benzene rings is 2. The zero-order valence-corrected chi connectivity index (χ0v) is 9.04. The number of alkyl halides is 2. The van der Waals surface area contributed by atoms with E-state index in [0.717, 1.165) is 6.07 Å². The highest BCUT2D eigenvalue weighted by Crippen LogP contribution is 2.33. The third-order valence-electron chi connectivity index (χ3n) is 2.34. The van der Waals surface area contributed by atoms with E-state index in [1.807, 2.05) is 0 Å². The fourth-order valence-electron chi connectivity index (χ4n) is 1.60. The molecule has 0 aliphatic rings. The molecule has 0 N–H and O–H groups in total. The molecule has 0 spiro atoms. The Morgan fingerprint density at radius 3 is 2.22 bits per heavy atom. The molecule has 0 unspecified atom stereocenters. The van der Waals surface area contributed by atoms with Gasteiger partial charge in [-0.05, 0) is 12.1 Å². The van der Waals surface area contributed by atoms with Crippen molar-refractivity contribution in [1.82, 2.24) is 0 Å². The molecule has 0 heterocycles.